The van der Waals surface area contributed by atoms with Crippen LogP contribution in [0, 0.1) is 0 Å². The largest absolute Gasteiger partial charge is 0.443 e. The summed E-state index contributed by atoms with van der Waals surface area (Å²) >= 11 is 0. The molecule has 1 aromatic heterocycles. The number of nitrogens with zero attached hydrogens (tertiary/aromatic N) is 2. The first-order valence-corrected chi connectivity index (χ1v) is 15.1. The van der Waals surface area contributed by atoms with E-state index in [0.717, 1.165) is 59.8 Å². The smallest absolute Gasteiger partial charge is 0.414 e. The zero-order valence-electron chi connectivity index (χ0n) is 22.4. The number of carbonyl (C=O) groups is 2. The molecule has 1 saturated carbocycles. The first-order valence-electron chi connectivity index (χ1n) is 13.2. The molecule has 1 N–H and O–H groups in total. The summed E-state index contributed by atoms with van der Waals surface area (Å²) in [5.41, 5.74) is 4.57. The first kappa shape index (κ1) is 26.3. The average Bonchev–Trinajstić information content (AvgIpc) is 3.06. The molecule has 0 spiro atoms. The maximum absolute atomic E-state index is 13.3. The molecule has 202 valence electrons. The van der Waals surface area contributed by atoms with Gasteiger partial charge >= 0.3 is 6.09 Å². The van der Waals surface area contributed by atoms with E-state index in [1.165, 1.54) is 12.0 Å². The number of fused-ring (bicyclic) bond motifs is 5. The van der Waals surface area contributed by atoms with Crippen LogP contribution in [0.15, 0.2) is 42.5 Å². The van der Waals surface area contributed by atoms with Gasteiger partial charge in [-0.3, -0.25) is 9.69 Å². The van der Waals surface area contributed by atoms with Gasteiger partial charge in [-0.05, 0) is 63.3 Å². The number of sulfonamides is 1. The molecule has 0 bridgehead atoms. The van der Waals surface area contributed by atoms with Crippen molar-refractivity contribution in [2.45, 2.75) is 70.9 Å². The summed E-state index contributed by atoms with van der Waals surface area (Å²) in [5.74, 6) is -0.298. The Morgan fingerprint density at radius 2 is 1.71 bits per heavy atom. The van der Waals surface area contributed by atoms with E-state index in [1.54, 1.807) is 17.0 Å². The molecule has 3 aromatic rings. The molecule has 2 aromatic carbocycles. The van der Waals surface area contributed by atoms with E-state index in [4.69, 9.17) is 4.74 Å². The van der Waals surface area contributed by atoms with Gasteiger partial charge in [0.1, 0.15) is 5.60 Å². The van der Waals surface area contributed by atoms with Gasteiger partial charge in [0.15, 0.2) is 0 Å². The summed E-state index contributed by atoms with van der Waals surface area (Å²) in [6.07, 6.45) is 6.29. The van der Waals surface area contributed by atoms with Crippen LogP contribution in [0.25, 0.3) is 22.2 Å². The Morgan fingerprint density at radius 1 is 1.00 bits per heavy atom. The van der Waals surface area contributed by atoms with Crippen molar-refractivity contribution in [1.82, 2.24) is 9.29 Å². The van der Waals surface area contributed by atoms with E-state index >= 15 is 0 Å². The van der Waals surface area contributed by atoms with Crippen molar-refractivity contribution < 1.29 is 22.7 Å². The number of hydrogen-bond donors (Lipinski definition) is 1. The van der Waals surface area contributed by atoms with Gasteiger partial charge in [0.05, 0.1) is 17.6 Å². The van der Waals surface area contributed by atoms with E-state index in [1.807, 2.05) is 51.1 Å². The summed E-state index contributed by atoms with van der Waals surface area (Å²) in [4.78, 5) is 27.8. The highest BCUT2D eigenvalue weighted by atomic mass is 32.2. The molecule has 2 amide bonds. The Balaban J connectivity index is 1.71. The minimum Gasteiger partial charge on any atom is -0.443 e. The predicted molar refractivity (Wildman–Crippen MR) is 149 cm³/mol. The highest BCUT2D eigenvalue weighted by molar-refractivity contribution is 7.89. The van der Waals surface area contributed by atoms with Crippen molar-refractivity contribution in [3.05, 3.63) is 53.6 Å². The van der Waals surface area contributed by atoms with E-state index in [-0.39, 0.29) is 5.56 Å². The topological polar surface area (TPSA) is 97.7 Å². The van der Waals surface area contributed by atoms with E-state index in [0.29, 0.717) is 19.0 Å². The maximum Gasteiger partial charge on any atom is 0.414 e. The Hall–Kier alpha value is -3.33. The molecule has 1 fully saturated rings. The quantitative estimate of drug-likeness (QED) is 0.455. The lowest BCUT2D eigenvalue weighted by atomic mass is 9.81. The van der Waals surface area contributed by atoms with Crippen LogP contribution in [0.5, 0.6) is 0 Å². The molecule has 2 aliphatic rings. The third-order valence-electron chi connectivity index (χ3n) is 7.27. The highest BCUT2D eigenvalue weighted by Gasteiger charge is 2.33. The van der Waals surface area contributed by atoms with Gasteiger partial charge in [0.2, 0.25) is 10.0 Å². The molecule has 1 aliphatic heterocycles. The molecule has 8 nitrogen and oxygen atoms in total. The summed E-state index contributed by atoms with van der Waals surface area (Å²) in [6, 6.07) is 13.4. The SMILES string of the molecule is CC(C)(C)OC(=O)N1CCn2c(c(C3CCCCC3)c3ccc(C(=O)NS(C)(=O)=O)cc32)-c2ccccc21. The van der Waals surface area contributed by atoms with Gasteiger partial charge in [-0.25, -0.2) is 17.9 Å². The zero-order valence-corrected chi connectivity index (χ0v) is 23.2. The van der Waals surface area contributed by atoms with Crippen molar-refractivity contribution in [2.75, 3.05) is 17.7 Å². The van der Waals surface area contributed by atoms with Crippen molar-refractivity contribution in [3.8, 4) is 11.3 Å². The van der Waals surface area contributed by atoms with Gasteiger partial charge < -0.3 is 9.30 Å². The lowest BCUT2D eigenvalue weighted by molar-refractivity contribution is 0.0579. The van der Waals surface area contributed by atoms with E-state index in [2.05, 4.69) is 9.29 Å². The van der Waals surface area contributed by atoms with Crippen LogP contribution in [0.3, 0.4) is 0 Å². The first-order chi connectivity index (χ1) is 17.9. The fourth-order valence-corrected chi connectivity index (χ4v) is 6.26. The van der Waals surface area contributed by atoms with Crippen LogP contribution in [-0.2, 0) is 21.3 Å². The highest BCUT2D eigenvalue weighted by Crippen LogP contribution is 2.47. The third kappa shape index (κ3) is 5.16. The van der Waals surface area contributed by atoms with Gasteiger partial charge in [-0.2, -0.15) is 0 Å². The van der Waals surface area contributed by atoms with Gasteiger partial charge in [-0.1, -0.05) is 43.5 Å². The predicted octanol–water partition coefficient (Wildman–Crippen LogP) is 5.80. The number of ether oxygens (including phenoxy) is 1. The molecule has 0 saturated heterocycles. The number of benzene rings is 2. The van der Waals surface area contributed by atoms with Crippen molar-refractivity contribution in [3.63, 3.8) is 0 Å². The Labute approximate surface area is 224 Å². The molecular weight excluding hydrogens is 502 g/mol. The number of amides is 2. The normalized spacial score (nSPS) is 16.5. The number of anilines is 1. The average molecular weight is 538 g/mol. The number of aromatic nitrogens is 1. The second-order valence-electron chi connectivity index (χ2n) is 11.3. The third-order valence-corrected chi connectivity index (χ3v) is 7.82. The fourth-order valence-electron chi connectivity index (χ4n) is 5.81. The van der Waals surface area contributed by atoms with Gasteiger partial charge in [0.25, 0.3) is 5.91 Å². The number of hydrogen-bond acceptors (Lipinski definition) is 5. The Kier molecular flexibility index (Phi) is 6.75. The molecule has 5 rings (SSSR count). The minimum atomic E-state index is -3.70. The molecule has 0 unspecified atom stereocenters. The lowest BCUT2D eigenvalue weighted by Crippen LogP contribution is -2.38. The van der Waals surface area contributed by atoms with Crippen LogP contribution in [-0.4, -0.2) is 43.4 Å². The Bertz CT molecular complexity index is 1510. The number of nitrogens with one attached hydrogen (secondary N) is 1. The van der Waals surface area contributed by atoms with Crippen LogP contribution in [0.1, 0.15) is 74.7 Å². The number of carbonyl (C=O) groups excluding carboxylic acids is 2. The van der Waals surface area contributed by atoms with Crippen LogP contribution >= 0.6 is 0 Å². The molecular formula is C29H35N3O5S. The summed E-state index contributed by atoms with van der Waals surface area (Å²) in [6.45, 7) is 6.47. The van der Waals surface area contributed by atoms with Gasteiger partial charge in [-0.15, -0.1) is 0 Å². The molecule has 1 aliphatic carbocycles. The van der Waals surface area contributed by atoms with E-state index < -0.39 is 27.6 Å². The monoisotopic (exact) mass is 537 g/mol. The summed E-state index contributed by atoms with van der Waals surface area (Å²) in [7, 11) is -3.70. The lowest BCUT2D eigenvalue weighted by Gasteiger charge is -2.28. The molecule has 0 radical (unpaired) electrons. The van der Waals surface area contributed by atoms with Crippen LogP contribution in [0.4, 0.5) is 10.5 Å². The standard InChI is InChI=1S/C29H35N3O5S/c1-29(2,3)37-28(34)32-17-16-31-24-18-20(27(33)30-38(4,35)36)14-15-21(24)25(19-10-6-5-7-11-19)26(31)22-12-8-9-13-23(22)32/h8-9,12-15,18-19H,5-7,10-11,16-17H2,1-4H3,(H,30,33). The summed E-state index contributed by atoms with van der Waals surface area (Å²) in [5, 5.41) is 1.07. The van der Waals surface area contributed by atoms with Crippen molar-refractivity contribution >= 4 is 38.6 Å². The fraction of sp³-hybridized carbons (Fsp3) is 0.448. The molecule has 9 heteroatoms. The second kappa shape index (κ2) is 9.76. The van der Waals surface area contributed by atoms with E-state index in [9.17, 15) is 18.0 Å². The molecule has 38 heavy (non-hydrogen) atoms. The minimum absolute atomic E-state index is 0.278. The molecule has 2 heterocycles. The maximum atomic E-state index is 13.3. The number of para-hydroxylation sites is 1. The van der Waals surface area contributed by atoms with Crippen LogP contribution < -0.4 is 9.62 Å². The zero-order chi connectivity index (χ0) is 27.2. The number of rotatable bonds is 3. The van der Waals surface area contributed by atoms with Crippen LogP contribution in [0.2, 0.25) is 0 Å². The van der Waals surface area contributed by atoms with Crippen molar-refractivity contribution in [1.29, 1.82) is 0 Å². The van der Waals surface area contributed by atoms with Gasteiger partial charge in [0, 0.05) is 35.1 Å². The molecule has 0 atom stereocenters. The summed E-state index contributed by atoms with van der Waals surface area (Å²) < 4.78 is 33.5. The second-order valence-corrected chi connectivity index (χ2v) is 13.1. The van der Waals surface area contributed by atoms with Crippen molar-refractivity contribution in [2.24, 2.45) is 0 Å². The Morgan fingerprint density at radius 3 is 2.39 bits per heavy atom.